The molecule has 1 aromatic heterocycles. The van der Waals surface area contributed by atoms with Gasteiger partial charge < -0.3 is 9.32 Å². The van der Waals surface area contributed by atoms with E-state index in [1.165, 1.54) is 76.6 Å². The Morgan fingerprint density at radius 2 is 0.867 bits per heavy atom. The SMILES string of the molecule is c1ccc(-c2ccc(N(c3ccc(-c4ccc(-c5ccc6c(c5)C5(c7ccccc7-6)C6CC7CC(C6)CC5C7)cc4)cc3)c3ccc4c(c3)oc3ccccc34)cc2)cc1. The summed E-state index contributed by atoms with van der Waals surface area (Å²) in [6.45, 7) is 0. The van der Waals surface area contributed by atoms with E-state index in [9.17, 15) is 0 Å². The van der Waals surface area contributed by atoms with Crippen molar-refractivity contribution < 1.29 is 4.42 Å². The van der Waals surface area contributed by atoms with Crippen LogP contribution in [0.25, 0.3) is 66.4 Å². The van der Waals surface area contributed by atoms with Gasteiger partial charge in [0, 0.05) is 39.3 Å². The highest BCUT2D eigenvalue weighted by molar-refractivity contribution is 6.06. The first-order valence-corrected chi connectivity index (χ1v) is 22.0. The molecule has 1 spiro atoms. The summed E-state index contributed by atoms with van der Waals surface area (Å²) in [6, 6.07) is 69.5. The van der Waals surface area contributed by atoms with Crippen LogP contribution in [0.1, 0.15) is 43.2 Å². The third-order valence-electron chi connectivity index (χ3n) is 15.1. The maximum atomic E-state index is 6.37. The highest BCUT2D eigenvalue weighted by atomic mass is 16.3. The van der Waals surface area contributed by atoms with Gasteiger partial charge in [-0.15, -0.1) is 0 Å². The molecule has 1 heterocycles. The molecule has 0 atom stereocenters. The summed E-state index contributed by atoms with van der Waals surface area (Å²) < 4.78 is 6.37. The lowest BCUT2D eigenvalue weighted by atomic mass is 9.43. The van der Waals surface area contributed by atoms with Crippen molar-refractivity contribution in [1.29, 1.82) is 0 Å². The van der Waals surface area contributed by atoms with Gasteiger partial charge in [-0.3, -0.25) is 0 Å². The molecule has 0 saturated heterocycles. The first-order valence-electron chi connectivity index (χ1n) is 22.0. The van der Waals surface area contributed by atoms with Crippen LogP contribution in [-0.4, -0.2) is 0 Å². The van der Waals surface area contributed by atoms with Crippen LogP contribution in [-0.2, 0) is 5.41 Å². The average molecular weight is 772 g/mol. The van der Waals surface area contributed by atoms with Gasteiger partial charge in [0.1, 0.15) is 11.2 Å². The highest BCUT2D eigenvalue weighted by Gasteiger charge is 2.61. The number of rotatable bonds is 6. The van der Waals surface area contributed by atoms with E-state index in [1.54, 1.807) is 11.1 Å². The van der Waals surface area contributed by atoms with Crippen LogP contribution >= 0.6 is 0 Å². The van der Waals surface area contributed by atoms with Crippen LogP contribution in [0.4, 0.5) is 17.1 Å². The smallest absolute Gasteiger partial charge is 0.137 e. The fourth-order valence-electron chi connectivity index (χ4n) is 12.7. The van der Waals surface area contributed by atoms with Crippen LogP contribution in [0, 0.1) is 23.7 Å². The molecular formula is C58H45NO. The Kier molecular flexibility index (Phi) is 7.52. The second-order valence-electron chi connectivity index (χ2n) is 18.1. The lowest BCUT2D eigenvalue weighted by Gasteiger charge is -2.61. The molecule has 0 amide bonds. The van der Waals surface area contributed by atoms with Crippen LogP contribution < -0.4 is 4.90 Å². The maximum absolute atomic E-state index is 6.37. The first kappa shape index (κ1) is 34.2. The molecule has 4 fully saturated rings. The summed E-state index contributed by atoms with van der Waals surface area (Å²) in [5, 5.41) is 2.27. The maximum Gasteiger partial charge on any atom is 0.137 e. The standard InChI is InChI=1S/C58H45NO/c1-2-8-39(9-3-1)41-18-23-47(24-19-41)59(49-27-29-53-52-11-5-7-13-56(52)60-57(53)36-49)48-25-20-42(21-26-48)40-14-16-43(17-15-40)44-22-28-51-50-10-4-6-12-54(50)58(55(51)35-44)45-31-37-30-38(33-45)34-46(58)32-37/h1-29,35-38,45-46H,30-34H2. The molecule has 60 heavy (non-hydrogen) atoms. The van der Waals surface area contributed by atoms with Gasteiger partial charge in [-0.1, -0.05) is 133 Å². The second kappa shape index (κ2) is 13.2. The topological polar surface area (TPSA) is 16.4 Å². The molecule has 14 rings (SSSR count). The Labute approximate surface area is 351 Å². The Balaban J connectivity index is 0.834. The van der Waals surface area contributed by atoms with Gasteiger partial charge in [-0.05, 0) is 160 Å². The summed E-state index contributed by atoms with van der Waals surface area (Å²) in [5.74, 6) is 3.44. The van der Waals surface area contributed by atoms with E-state index in [0.717, 1.165) is 62.7 Å². The van der Waals surface area contributed by atoms with E-state index >= 15 is 0 Å². The van der Waals surface area contributed by atoms with Crippen LogP contribution in [0.2, 0.25) is 0 Å². The molecule has 0 unspecified atom stereocenters. The minimum absolute atomic E-state index is 0.187. The van der Waals surface area contributed by atoms with Crippen molar-refractivity contribution in [2.45, 2.75) is 37.5 Å². The number of benzene rings is 8. The van der Waals surface area contributed by atoms with Crippen molar-refractivity contribution in [1.82, 2.24) is 0 Å². The summed E-state index contributed by atoms with van der Waals surface area (Å²) in [6.07, 6.45) is 7.12. The third-order valence-corrected chi connectivity index (χ3v) is 15.1. The van der Waals surface area contributed by atoms with Crippen molar-refractivity contribution >= 4 is 39.0 Å². The van der Waals surface area contributed by atoms with E-state index in [-0.39, 0.29) is 5.41 Å². The van der Waals surface area contributed by atoms with Crippen molar-refractivity contribution in [2.24, 2.45) is 23.7 Å². The minimum Gasteiger partial charge on any atom is -0.456 e. The summed E-state index contributed by atoms with van der Waals surface area (Å²) in [7, 11) is 0. The summed E-state index contributed by atoms with van der Waals surface area (Å²) in [5.41, 5.74) is 18.9. The molecule has 0 N–H and O–H groups in total. The molecule has 5 aliphatic rings. The summed E-state index contributed by atoms with van der Waals surface area (Å²) >= 11 is 0. The van der Waals surface area contributed by atoms with Crippen molar-refractivity contribution in [3.8, 4) is 44.5 Å². The lowest BCUT2D eigenvalue weighted by Crippen LogP contribution is -2.55. The molecule has 0 aliphatic heterocycles. The zero-order valence-corrected chi connectivity index (χ0v) is 33.6. The molecule has 5 aliphatic carbocycles. The summed E-state index contributed by atoms with van der Waals surface area (Å²) in [4.78, 5) is 2.33. The van der Waals surface area contributed by atoms with Gasteiger partial charge in [0.05, 0.1) is 0 Å². The molecule has 9 aromatic rings. The normalized spacial score (nSPS) is 22.1. The fraction of sp³-hybridized carbons (Fsp3) is 0.172. The van der Waals surface area contributed by atoms with E-state index in [0.29, 0.717) is 0 Å². The Morgan fingerprint density at radius 3 is 1.55 bits per heavy atom. The monoisotopic (exact) mass is 771 g/mol. The van der Waals surface area contributed by atoms with Gasteiger partial charge in [0.2, 0.25) is 0 Å². The molecule has 288 valence electrons. The zero-order chi connectivity index (χ0) is 39.4. The van der Waals surface area contributed by atoms with Gasteiger partial charge in [-0.2, -0.15) is 0 Å². The average Bonchev–Trinajstić information content (AvgIpc) is 3.82. The number of anilines is 3. The molecule has 8 aromatic carbocycles. The number of para-hydroxylation sites is 1. The first-order chi connectivity index (χ1) is 29.7. The fourth-order valence-corrected chi connectivity index (χ4v) is 12.7. The van der Waals surface area contributed by atoms with Crippen LogP contribution in [0.15, 0.2) is 192 Å². The zero-order valence-electron chi connectivity index (χ0n) is 33.6. The number of fused-ring (bicyclic) bond motifs is 6. The molecular weight excluding hydrogens is 727 g/mol. The molecule has 4 saturated carbocycles. The number of hydrogen-bond acceptors (Lipinski definition) is 2. The number of hydrogen-bond donors (Lipinski definition) is 0. The largest absolute Gasteiger partial charge is 0.456 e. The van der Waals surface area contributed by atoms with Crippen LogP contribution in [0.3, 0.4) is 0 Å². The van der Waals surface area contributed by atoms with E-state index in [4.69, 9.17) is 4.42 Å². The Bertz CT molecular complexity index is 3050. The number of furan rings is 1. The van der Waals surface area contributed by atoms with Crippen molar-refractivity contribution in [3.05, 3.63) is 199 Å². The molecule has 4 bridgehead atoms. The predicted octanol–water partition coefficient (Wildman–Crippen LogP) is 15.8. The minimum atomic E-state index is 0.187. The predicted molar refractivity (Wildman–Crippen MR) is 248 cm³/mol. The lowest BCUT2D eigenvalue weighted by molar-refractivity contribution is -0.0399. The quantitative estimate of drug-likeness (QED) is 0.167. The molecule has 2 heteroatoms. The Hall–Kier alpha value is -6.64. The van der Waals surface area contributed by atoms with E-state index in [1.807, 2.05) is 12.1 Å². The van der Waals surface area contributed by atoms with Crippen LogP contribution in [0.5, 0.6) is 0 Å². The van der Waals surface area contributed by atoms with Crippen molar-refractivity contribution in [2.75, 3.05) is 4.90 Å². The van der Waals surface area contributed by atoms with Gasteiger partial charge in [-0.25, -0.2) is 0 Å². The second-order valence-corrected chi connectivity index (χ2v) is 18.1. The van der Waals surface area contributed by atoms with Gasteiger partial charge >= 0.3 is 0 Å². The van der Waals surface area contributed by atoms with Gasteiger partial charge in [0.25, 0.3) is 0 Å². The third kappa shape index (κ3) is 5.13. The molecule has 2 nitrogen and oxygen atoms in total. The highest BCUT2D eigenvalue weighted by Crippen LogP contribution is 2.69. The van der Waals surface area contributed by atoms with E-state index in [2.05, 4.69) is 181 Å². The Morgan fingerprint density at radius 1 is 0.367 bits per heavy atom. The van der Waals surface area contributed by atoms with Crippen molar-refractivity contribution in [3.63, 3.8) is 0 Å². The van der Waals surface area contributed by atoms with E-state index < -0.39 is 0 Å². The number of nitrogens with zero attached hydrogens (tertiary/aromatic N) is 1. The van der Waals surface area contributed by atoms with Gasteiger partial charge in [0.15, 0.2) is 0 Å². The molecule has 0 radical (unpaired) electrons.